The van der Waals surface area contributed by atoms with Crippen LogP contribution in [0.3, 0.4) is 0 Å². The third-order valence-electron chi connectivity index (χ3n) is 2.58. The number of aryl methyl sites for hydroxylation is 2. The van der Waals surface area contributed by atoms with Gasteiger partial charge >= 0.3 is 0 Å². The standard InChI is InChI=1S/C12H17NS/c1-9(13)6-7-11-8-10-4-2-3-5-12(10)14-11/h6-9H,2-5,13H2,1H3/b7-6+. The van der Waals surface area contributed by atoms with Gasteiger partial charge in [0.1, 0.15) is 0 Å². The lowest BCUT2D eigenvalue weighted by molar-refractivity contribution is 0.697. The molecular weight excluding hydrogens is 190 g/mol. The van der Waals surface area contributed by atoms with Crippen LogP contribution in [0, 0.1) is 0 Å². The van der Waals surface area contributed by atoms with Crippen molar-refractivity contribution < 1.29 is 0 Å². The maximum atomic E-state index is 5.68. The van der Waals surface area contributed by atoms with Gasteiger partial charge in [-0.25, -0.2) is 0 Å². The van der Waals surface area contributed by atoms with Gasteiger partial charge in [-0.05, 0) is 50.3 Å². The lowest BCUT2D eigenvalue weighted by Crippen LogP contribution is -2.09. The maximum absolute atomic E-state index is 5.68. The highest BCUT2D eigenvalue weighted by Gasteiger charge is 2.11. The van der Waals surface area contributed by atoms with Gasteiger partial charge in [-0.2, -0.15) is 0 Å². The van der Waals surface area contributed by atoms with E-state index in [0.29, 0.717) is 0 Å². The van der Waals surface area contributed by atoms with Gasteiger partial charge in [0.15, 0.2) is 0 Å². The lowest BCUT2D eigenvalue weighted by atomic mass is 9.99. The van der Waals surface area contributed by atoms with Crippen LogP contribution in [0.5, 0.6) is 0 Å². The van der Waals surface area contributed by atoms with Gasteiger partial charge in [-0.3, -0.25) is 0 Å². The Hall–Kier alpha value is -0.600. The summed E-state index contributed by atoms with van der Waals surface area (Å²) in [6, 6.07) is 2.49. The van der Waals surface area contributed by atoms with E-state index >= 15 is 0 Å². The van der Waals surface area contributed by atoms with Crippen LogP contribution in [0.15, 0.2) is 12.1 Å². The Morgan fingerprint density at radius 1 is 1.43 bits per heavy atom. The Morgan fingerprint density at radius 3 is 2.93 bits per heavy atom. The van der Waals surface area contributed by atoms with Crippen molar-refractivity contribution in [3.63, 3.8) is 0 Å². The highest BCUT2D eigenvalue weighted by molar-refractivity contribution is 7.13. The molecule has 0 bridgehead atoms. The molecule has 1 aliphatic carbocycles. The van der Waals surface area contributed by atoms with Crippen molar-refractivity contribution in [2.75, 3.05) is 0 Å². The average Bonchev–Trinajstić information content (AvgIpc) is 2.57. The fraction of sp³-hybridized carbons (Fsp3) is 0.500. The zero-order chi connectivity index (χ0) is 9.97. The molecule has 76 valence electrons. The van der Waals surface area contributed by atoms with Crippen LogP contribution in [0.2, 0.25) is 0 Å². The van der Waals surface area contributed by atoms with E-state index in [1.165, 1.54) is 30.6 Å². The number of thiophene rings is 1. The molecule has 2 N–H and O–H groups in total. The van der Waals surface area contributed by atoms with Crippen molar-refractivity contribution in [2.45, 2.75) is 38.6 Å². The fourth-order valence-electron chi connectivity index (χ4n) is 1.84. The van der Waals surface area contributed by atoms with E-state index in [1.807, 2.05) is 18.3 Å². The van der Waals surface area contributed by atoms with Crippen molar-refractivity contribution >= 4 is 17.4 Å². The molecule has 1 aromatic heterocycles. The molecule has 1 unspecified atom stereocenters. The van der Waals surface area contributed by atoms with E-state index in [9.17, 15) is 0 Å². The molecule has 1 atom stereocenters. The second kappa shape index (κ2) is 4.28. The second-order valence-electron chi connectivity index (χ2n) is 4.02. The Morgan fingerprint density at radius 2 is 2.21 bits per heavy atom. The third kappa shape index (κ3) is 2.25. The molecule has 0 aromatic carbocycles. The van der Waals surface area contributed by atoms with Gasteiger partial charge in [0.2, 0.25) is 0 Å². The SMILES string of the molecule is CC(N)/C=C/c1cc2c(s1)CCCC2. The molecule has 0 saturated carbocycles. The fourth-order valence-corrected chi connectivity index (χ4v) is 3.01. The molecule has 0 spiro atoms. The normalized spacial score (nSPS) is 18.4. The molecule has 0 aliphatic heterocycles. The van der Waals surface area contributed by atoms with Crippen LogP contribution in [-0.2, 0) is 12.8 Å². The summed E-state index contributed by atoms with van der Waals surface area (Å²) in [5.74, 6) is 0. The molecule has 2 heteroatoms. The molecule has 1 nitrogen and oxygen atoms in total. The first-order chi connectivity index (χ1) is 6.75. The third-order valence-corrected chi connectivity index (χ3v) is 3.78. The van der Waals surface area contributed by atoms with E-state index in [0.717, 1.165) is 0 Å². The predicted molar refractivity (Wildman–Crippen MR) is 63.6 cm³/mol. The maximum Gasteiger partial charge on any atom is 0.0273 e. The van der Waals surface area contributed by atoms with Gasteiger partial charge in [0, 0.05) is 15.8 Å². The number of rotatable bonds is 2. The first-order valence-corrected chi connectivity index (χ1v) is 6.13. The van der Waals surface area contributed by atoms with Crippen LogP contribution < -0.4 is 5.73 Å². The van der Waals surface area contributed by atoms with Gasteiger partial charge in [-0.1, -0.05) is 6.08 Å². The summed E-state index contributed by atoms with van der Waals surface area (Å²) in [6.45, 7) is 2.00. The molecule has 1 aliphatic rings. The highest BCUT2D eigenvalue weighted by Crippen LogP contribution is 2.30. The van der Waals surface area contributed by atoms with Gasteiger partial charge in [0.25, 0.3) is 0 Å². The summed E-state index contributed by atoms with van der Waals surface area (Å²) < 4.78 is 0. The van der Waals surface area contributed by atoms with Crippen LogP contribution in [0.4, 0.5) is 0 Å². The van der Waals surface area contributed by atoms with Crippen LogP contribution >= 0.6 is 11.3 Å². The minimum absolute atomic E-state index is 0.161. The van der Waals surface area contributed by atoms with Crippen LogP contribution in [-0.4, -0.2) is 6.04 Å². The smallest absolute Gasteiger partial charge is 0.0273 e. The summed E-state index contributed by atoms with van der Waals surface area (Å²) >= 11 is 1.93. The second-order valence-corrected chi connectivity index (χ2v) is 5.19. The number of hydrogen-bond acceptors (Lipinski definition) is 2. The molecule has 0 fully saturated rings. The van der Waals surface area contributed by atoms with E-state index < -0.39 is 0 Å². The topological polar surface area (TPSA) is 26.0 Å². The molecule has 2 rings (SSSR count). The zero-order valence-electron chi connectivity index (χ0n) is 8.62. The van der Waals surface area contributed by atoms with Crippen LogP contribution in [0.25, 0.3) is 6.08 Å². The van der Waals surface area contributed by atoms with E-state index in [-0.39, 0.29) is 6.04 Å². The van der Waals surface area contributed by atoms with Gasteiger partial charge in [0.05, 0.1) is 0 Å². The molecule has 0 saturated heterocycles. The summed E-state index contributed by atoms with van der Waals surface area (Å²) in [5.41, 5.74) is 7.25. The van der Waals surface area contributed by atoms with E-state index in [1.54, 1.807) is 10.4 Å². The summed E-state index contributed by atoms with van der Waals surface area (Å²) in [4.78, 5) is 2.97. The monoisotopic (exact) mass is 207 g/mol. The summed E-state index contributed by atoms with van der Waals surface area (Å²) in [5, 5.41) is 0. The largest absolute Gasteiger partial charge is 0.325 e. The van der Waals surface area contributed by atoms with Crippen LogP contribution in [0.1, 0.15) is 35.1 Å². The number of fused-ring (bicyclic) bond motifs is 1. The Bertz CT molecular complexity index is 313. The first-order valence-electron chi connectivity index (χ1n) is 5.31. The van der Waals surface area contributed by atoms with Gasteiger partial charge in [-0.15, -0.1) is 11.3 Å². The molecule has 1 aromatic rings. The molecule has 14 heavy (non-hydrogen) atoms. The van der Waals surface area contributed by atoms with Crippen molar-refractivity contribution in [2.24, 2.45) is 5.73 Å². The number of nitrogens with two attached hydrogens (primary N) is 1. The predicted octanol–water partition coefficient (Wildman–Crippen LogP) is 2.99. The van der Waals surface area contributed by atoms with Crippen molar-refractivity contribution in [3.05, 3.63) is 27.5 Å². The molecule has 0 amide bonds. The van der Waals surface area contributed by atoms with Gasteiger partial charge < -0.3 is 5.73 Å². The summed E-state index contributed by atoms with van der Waals surface area (Å²) in [7, 11) is 0. The minimum atomic E-state index is 0.161. The first kappa shape index (κ1) is 9.94. The quantitative estimate of drug-likeness (QED) is 0.792. The Labute approximate surface area is 89.6 Å². The minimum Gasteiger partial charge on any atom is -0.325 e. The lowest BCUT2D eigenvalue weighted by Gasteiger charge is -2.08. The zero-order valence-corrected chi connectivity index (χ0v) is 9.44. The van der Waals surface area contributed by atoms with Crippen molar-refractivity contribution in [3.8, 4) is 0 Å². The molecule has 0 radical (unpaired) electrons. The highest BCUT2D eigenvalue weighted by atomic mass is 32.1. The average molecular weight is 207 g/mol. The Balaban J connectivity index is 2.16. The van der Waals surface area contributed by atoms with E-state index in [2.05, 4.69) is 18.2 Å². The molecular formula is C12H17NS. The Kier molecular flexibility index (Phi) is 3.04. The summed E-state index contributed by atoms with van der Waals surface area (Å²) in [6.07, 6.45) is 9.51. The van der Waals surface area contributed by atoms with E-state index in [4.69, 9.17) is 5.73 Å². The van der Waals surface area contributed by atoms with Crippen molar-refractivity contribution in [1.29, 1.82) is 0 Å². The molecule has 1 heterocycles. The number of hydrogen-bond donors (Lipinski definition) is 1. The van der Waals surface area contributed by atoms with Crippen molar-refractivity contribution in [1.82, 2.24) is 0 Å².